The highest BCUT2D eigenvalue weighted by Gasteiger charge is 2.24. The summed E-state index contributed by atoms with van der Waals surface area (Å²) >= 11 is 0. The standard InChI is InChI=1S/C92H56N6O2/c1-3-24-57(25-4-1)91-93-76(64-30-9-7-28-62(64)61-48-51-87-75(53-61)69-35-16-22-44-86(69)99-87)55-78(95-91)72-37-15-21-43-84(72)98-82-41-19-13-34-68(82)74-52-59(47-50-85(74)98)60-46-49-73-89(54-60)100-88-45-23-38-70(90(73)88)63-29-8-10-31-65(63)77-56-79(96-92(94-77)58-26-5-2-6-27-58)71-36-14-20-42-83(71)97-80-39-17-11-32-66(80)67-33-12-18-40-81(67)97/h1-56H. The maximum Gasteiger partial charge on any atom is 0.160 e. The molecule has 466 valence electrons. The van der Waals surface area contributed by atoms with Crippen molar-refractivity contribution in [2.75, 3.05) is 0 Å². The zero-order valence-electron chi connectivity index (χ0n) is 53.8. The number of hydrogen-bond acceptors (Lipinski definition) is 6. The van der Waals surface area contributed by atoms with Crippen molar-refractivity contribution >= 4 is 87.5 Å². The molecule has 20 aromatic rings. The van der Waals surface area contributed by atoms with Crippen LogP contribution in [0.25, 0.3) is 200 Å². The van der Waals surface area contributed by atoms with Crippen molar-refractivity contribution < 1.29 is 8.83 Å². The molecule has 0 aliphatic heterocycles. The van der Waals surface area contributed by atoms with Gasteiger partial charge >= 0.3 is 0 Å². The van der Waals surface area contributed by atoms with Crippen LogP contribution in [0.15, 0.2) is 349 Å². The lowest BCUT2D eigenvalue weighted by molar-refractivity contribution is 0.668. The zero-order valence-corrected chi connectivity index (χ0v) is 53.8. The molecule has 0 N–H and O–H groups in total. The normalized spacial score (nSPS) is 11.8. The van der Waals surface area contributed by atoms with Crippen LogP contribution < -0.4 is 0 Å². The summed E-state index contributed by atoms with van der Waals surface area (Å²) in [7, 11) is 0. The molecule has 0 spiro atoms. The molecule has 0 atom stereocenters. The first-order valence-corrected chi connectivity index (χ1v) is 33.7. The van der Waals surface area contributed by atoms with Gasteiger partial charge in [0.1, 0.15) is 22.3 Å². The van der Waals surface area contributed by atoms with E-state index in [9.17, 15) is 0 Å². The second-order valence-corrected chi connectivity index (χ2v) is 25.5. The number of benzene rings is 14. The second-order valence-electron chi connectivity index (χ2n) is 25.5. The first-order valence-electron chi connectivity index (χ1n) is 33.7. The Bertz CT molecular complexity index is 6620. The van der Waals surface area contributed by atoms with Crippen LogP contribution in [-0.4, -0.2) is 29.1 Å². The van der Waals surface area contributed by atoms with Gasteiger partial charge in [-0.05, 0) is 124 Å². The molecule has 8 nitrogen and oxygen atoms in total. The van der Waals surface area contributed by atoms with Crippen LogP contribution in [-0.2, 0) is 0 Å². The molecule has 100 heavy (non-hydrogen) atoms. The molecule has 6 aromatic heterocycles. The number of para-hydroxylation sites is 6. The molecular weight excluding hydrogens is 1220 g/mol. The van der Waals surface area contributed by atoms with Gasteiger partial charge in [-0.1, -0.05) is 249 Å². The Morgan fingerprint density at radius 1 is 0.200 bits per heavy atom. The van der Waals surface area contributed by atoms with Crippen LogP contribution in [0, 0.1) is 0 Å². The fraction of sp³-hybridized carbons (Fsp3) is 0. The van der Waals surface area contributed by atoms with E-state index < -0.39 is 0 Å². The predicted octanol–water partition coefficient (Wildman–Crippen LogP) is 24.3. The third kappa shape index (κ3) is 9.30. The minimum absolute atomic E-state index is 0.645. The second kappa shape index (κ2) is 23.1. The molecule has 0 saturated carbocycles. The van der Waals surface area contributed by atoms with Crippen LogP contribution in [0.5, 0.6) is 0 Å². The van der Waals surface area contributed by atoms with E-state index in [1.165, 1.54) is 10.8 Å². The quantitative estimate of drug-likeness (QED) is 0.128. The van der Waals surface area contributed by atoms with Crippen molar-refractivity contribution in [2.45, 2.75) is 0 Å². The van der Waals surface area contributed by atoms with Gasteiger partial charge in [-0.25, -0.2) is 19.9 Å². The molecule has 0 aliphatic rings. The van der Waals surface area contributed by atoms with Crippen molar-refractivity contribution in [3.63, 3.8) is 0 Å². The van der Waals surface area contributed by atoms with Crippen molar-refractivity contribution in [3.05, 3.63) is 340 Å². The van der Waals surface area contributed by atoms with E-state index >= 15 is 0 Å². The summed E-state index contributed by atoms with van der Waals surface area (Å²) < 4.78 is 18.0. The Morgan fingerprint density at radius 3 is 1.21 bits per heavy atom. The summed E-state index contributed by atoms with van der Waals surface area (Å²) in [6.45, 7) is 0. The van der Waals surface area contributed by atoms with E-state index in [4.69, 9.17) is 28.8 Å². The minimum Gasteiger partial charge on any atom is -0.456 e. The summed E-state index contributed by atoms with van der Waals surface area (Å²) in [5, 5.41) is 8.92. The molecular formula is C92H56N6O2. The topological polar surface area (TPSA) is 87.7 Å². The minimum atomic E-state index is 0.645. The first kappa shape index (κ1) is 56.8. The van der Waals surface area contributed by atoms with Crippen LogP contribution in [0.4, 0.5) is 0 Å². The van der Waals surface area contributed by atoms with E-state index in [1.54, 1.807) is 0 Å². The lowest BCUT2D eigenvalue weighted by Crippen LogP contribution is -2.01. The van der Waals surface area contributed by atoms with Crippen molar-refractivity contribution in [1.29, 1.82) is 0 Å². The highest BCUT2D eigenvalue weighted by atomic mass is 16.3. The number of nitrogens with zero attached hydrogens (tertiary/aromatic N) is 6. The van der Waals surface area contributed by atoms with Gasteiger partial charge in [0.15, 0.2) is 11.6 Å². The molecule has 0 radical (unpaired) electrons. The van der Waals surface area contributed by atoms with Crippen LogP contribution in [0.3, 0.4) is 0 Å². The number of hydrogen-bond donors (Lipinski definition) is 0. The summed E-state index contributed by atoms with van der Waals surface area (Å²) in [6, 6.07) is 120. The van der Waals surface area contributed by atoms with Gasteiger partial charge in [-0.15, -0.1) is 0 Å². The lowest BCUT2D eigenvalue weighted by Gasteiger charge is -2.16. The molecule has 20 rings (SSSR count). The van der Waals surface area contributed by atoms with E-state index in [0.29, 0.717) is 11.6 Å². The van der Waals surface area contributed by atoms with Crippen LogP contribution in [0.2, 0.25) is 0 Å². The molecule has 14 aromatic carbocycles. The monoisotopic (exact) mass is 1280 g/mol. The molecule has 0 aliphatic carbocycles. The number of aromatic nitrogens is 6. The maximum absolute atomic E-state index is 6.94. The van der Waals surface area contributed by atoms with E-state index in [-0.39, 0.29) is 0 Å². The molecule has 0 saturated heterocycles. The Hall–Kier alpha value is -13.6. The predicted molar refractivity (Wildman–Crippen MR) is 410 cm³/mol. The summed E-state index contributed by atoms with van der Waals surface area (Å²) in [4.78, 5) is 21.6. The zero-order chi connectivity index (χ0) is 65.8. The summed E-state index contributed by atoms with van der Waals surface area (Å²) in [5.41, 5.74) is 25.3. The average Bonchev–Trinajstić information content (AvgIpc) is 1.56. The number of furan rings is 2. The highest BCUT2D eigenvalue weighted by Crippen LogP contribution is 2.46. The van der Waals surface area contributed by atoms with Gasteiger partial charge < -0.3 is 18.0 Å². The Morgan fingerprint density at radius 2 is 0.600 bits per heavy atom. The van der Waals surface area contributed by atoms with E-state index in [2.05, 4.69) is 300 Å². The van der Waals surface area contributed by atoms with E-state index in [0.717, 1.165) is 178 Å². The van der Waals surface area contributed by atoms with Crippen molar-refractivity contribution in [1.82, 2.24) is 29.1 Å². The molecule has 0 bridgehead atoms. The largest absolute Gasteiger partial charge is 0.456 e. The number of rotatable bonds is 11. The number of fused-ring (bicyclic) bond motifs is 12. The maximum atomic E-state index is 6.94. The summed E-state index contributed by atoms with van der Waals surface area (Å²) in [5.74, 6) is 1.29. The van der Waals surface area contributed by atoms with E-state index in [1.807, 2.05) is 48.5 Å². The van der Waals surface area contributed by atoms with Gasteiger partial charge in [-0.3, -0.25) is 0 Å². The fourth-order valence-electron chi connectivity index (χ4n) is 15.3. The molecule has 8 heteroatoms. The molecule has 0 unspecified atom stereocenters. The molecule has 0 fully saturated rings. The first-order chi connectivity index (χ1) is 49.6. The van der Waals surface area contributed by atoms with Gasteiger partial charge in [0.05, 0.1) is 56.2 Å². The smallest absolute Gasteiger partial charge is 0.160 e. The van der Waals surface area contributed by atoms with Crippen LogP contribution >= 0.6 is 0 Å². The Kier molecular flexibility index (Phi) is 13.1. The van der Waals surface area contributed by atoms with Crippen molar-refractivity contribution in [2.24, 2.45) is 0 Å². The van der Waals surface area contributed by atoms with Gasteiger partial charge in [0.2, 0.25) is 0 Å². The third-order valence-electron chi connectivity index (χ3n) is 19.8. The third-order valence-corrected chi connectivity index (χ3v) is 19.8. The van der Waals surface area contributed by atoms with Gasteiger partial charge in [-0.2, -0.15) is 0 Å². The fourth-order valence-corrected chi connectivity index (χ4v) is 15.3. The molecule has 0 amide bonds. The van der Waals surface area contributed by atoms with Crippen LogP contribution in [0.1, 0.15) is 0 Å². The Labute approximate surface area is 574 Å². The van der Waals surface area contributed by atoms with Crippen molar-refractivity contribution in [3.8, 4) is 113 Å². The van der Waals surface area contributed by atoms with Gasteiger partial charge in [0.25, 0.3) is 0 Å². The SMILES string of the molecule is c1ccc(-c2nc(-c3ccccc3-c3ccc4oc5ccccc5c4c3)cc(-c3ccccc3-n3c4ccccc4c4cc(-c5ccc6c(c5)oc5cccc(-c7ccccc7-c7cc(-c8ccccc8-n8c9ccccc9c9ccccc98)nc(-c8ccccc8)n7)c56)ccc43)n2)cc1. The lowest BCUT2D eigenvalue weighted by atomic mass is 9.93. The summed E-state index contributed by atoms with van der Waals surface area (Å²) in [6.07, 6.45) is 0. The molecule has 6 heterocycles. The highest BCUT2D eigenvalue weighted by molar-refractivity contribution is 6.16. The average molecular weight is 1280 g/mol. The van der Waals surface area contributed by atoms with Gasteiger partial charge in [0, 0.05) is 76.5 Å². The Balaban J connectivity index is 0.685.